The number of aromatic nitrogens is 9. The monoisotopic (exact) mass is 1850 g/mol. The first-order valence-corrected chi connectivity index (χ1v) is 49.5. The molecule has 0 N–H and O–H groups in total. The number of fused-ring (bicyclic) bond motifs is 31. The summed E-state index contributed by atoms with van der Waals surface area (Å²) in [5.41, 5.74) is 27.6. The van der Waals surface area contributed by atoms with Gasteiger partial charge in [0.05, 0.1) is 78.3 Å². The third-order valence-corrected chi connectivity index (χ3v) is 29.1. The second-order valence-electron chi connectivity index (χ2n) is 37.5. The Morgan fingerprint density at radius 3 is 0.781 bits per heavy atom. The fraction of sp³-hybridized carbons (Fsp3) is 0. The molecule has 30 rings (SSSR count). The lowest BCUT2D eigenvalue weighted by molar-refractivity contribution is 1.23. The summed E-state index contributed by atoms with van der Waals surface area (Å²) in [5, 5.41) is 31.1. The van der Waals surface area contributed by atoms with Crippen LogP contribution in [0, 0.1) is 0 Å². The van der Waals surface area contributed by atoms with Crippen LogP contribution in [-0.4, -0.2) is 44.9 Å². The third-order valence-electron chi connectivity index (χ3n) is 29.1. The minimum atomic E-state index is 0.706. The van der Waals surface area contributed by atoms with Crippen LogP contribution in [0.15, 0.2) is 504 Å². The van der Waals surface area contributed by atoms with E-state index in [1.54, 1.807) is 0 Å². The zero-order valence-electron chi connectivity index (χ0n) is 78.9. The van der Waals surface area contributed by atoms with E-state index in [0.717, 1.165) is 172 Å². The van der Waals surface area contributed by atoms with Crippen LogP contribution in [0.3, 0.4) is 0 Å². The first-order valence-electron chi connectivity index (χ1n) is 49.5. The number of hydrogen-bond donors (Lipinski definition) is 0. The minimum Gasteiger partial charge on any atom is -0.254 e. The van der Waals surface area contributed by atoms with Crippen molar-refractivity contribution < 1.29 is 0 Å². The first-order chi connectivity index (χ1) is 72.4. The molecule has 0 spiro atoms. The SMILES string of the molecule is c1cc(-c2ccc(-c3ccc4ccc5cccnc5c4n3)cc2)cc(-c2nc3ccccc3c3c4ccccc4c4ccccc4c23)c1.c1cc(-c2ccc3ccc4cccnc4c3n2)cc(-c2nc3ccccc3c3c4ccccc4c4ccccc4c23)c1.c1ccc(-c2cccc(-c3nc(-c4cccc(-c5cccc(-c6nc7ccccc7c7c8ccccc8c8ccccc8c67)c5)c4)c4ccccc4n3)c2)cc1. The van der Waals surface area contributed by atoms with E-state index in [1.165, 1.54) is 119 Å². The van der Waals surface area contributed by atoms with Crippen LogP contribution in [0.2, 0.25) is 0 Å². The summed E-state index contributed by atoms with van der Waals surface area (Å²) < 4.78 is 0. The van der Waals surface area contributed by atoms with E-state index < -0.39 is 0 Å². The van der Waals surface area contributed by atoms with Crippen molar-refractivity contribution in [2.75, 3.05) is 0 Å². The number of para-hydroxylation sites is 4. The maximum atomic E-state index is 5.41. The molecule has 30 aromatic rings. The second-order valence-corrected chi connectivity index (χ2v) is 37.5. The highest BCUT2D eigenvalue weighted by atomic mass is 14.9. The number of pyridine rings is 7. The molecule has 0 saturated carbocycles. The van der Waals surface area contributed by atoms with Crippen LogP contribution in [0.5, 0.6) is 0 Å². The van der Waals surface area contributed by atoms with Crippen molar-refractivity contribution in [2.24, 2.45) is 0 Å². The minimum absolute atomic E-state index is 0.706. The van der Waals surface area contributed by atoms with Gasteiger partial charge in [-0.05, 0) is 177 Å². The maximum Gasteiger partial charge on any atom is 0.160 e. The molecule has 0 bridgehead atoms. The molecule has 9 nitrogen and oxygen atoms in total. The fourth-order valence-corrected chi connectivity index (χ4v) is 22.4. The van der Waals surface area contributed by atoms with Crippen LogP contribution in [0.1, 0.15) is 0 Å². The van der Waals surface area contributed by atoms with Gasteiger partial charge in [0.25, 0.3) is 0 Å². The Kier molecular flexibility index (Phi) is 20.4. The number of nitrogens with zero attached hydrogens (tertiary/aromatic N) is 9. The predicted octanol–water partition coefficient (Wildman–Crippen LogP) is 35.9. The molecule has 8 aromatic heterocycles. The highest BCUT2D eigenvalue weighted by Crippen LogP contribution is 2.49. The van der Waals surface area contributed by atoms with E-state index in [4.69, 9.17) is 34.9 Å². The Balaban J connectivity index is 0.000000107. The van der Waals surface area contributed by atoms with Crippen molar-refractivity contribution in [3.63, 3.8) is 0 Å². The third kappa shape index (κ3) is 14.6. The molecular weight excluding hydrogens is 1770 g/mol. The molecule has 0 fully saturated rings. The molecular formula is C137H83N9. The zero-order valence-corrected chi connectivity index (χ0v) is 78.9. The Hall–Kier alpha value is -19.6. The van der Waals surface area contributed by atoms with E-state index in [2.05, 4.69) is 477 Å². The molecule has 0 atom stereocenters. The topological polar surface area (TPSA) is 116 Å². The highest BCUT2D eigenvalue weighted by molar-refractivity contribution is 6.37. The van der Waals surface area contributed by atoms with Crippen molar-refractivity contribution in [3.8, 4) is 112 Å². The zero-order chi connectivity index (χ0) is 96.2. The van der Waals surface area contributed by atoms with Crippen molar-refractivity contribution >= 4 is 184 Å². The molecule has 0 aliphatic heterocycles. The molecule has 146 heavy (non-hydrogen) atoms. The van der Waals surface area contributed by atoms with Gasteiger partial charge in [-0.25, -0.2) is 34.9 Å². The van der Waals surface area contributed by atoms with E-state index in [0.29, 0.717) is 5.82 Å². The van der Waals surface area contributed by atoms with E-state index >= 15 is 0 Å². The van der Waals surface area contributed by atoms with Crippen LogP contribution >= 0.6 is 0 Å². The number of benzene rings is 22. The summed E-state index contributed by atoms with van der Waals surface area (Å²) in [6, 6.07) is 174. The number of rotatable bonds is 10. The summed E-state index contributed by atoms with van der Waals surface area (Å²) in [7, 11) is 0. The molecule has 676 valence electrons. The quantitative estimate of drug-likeness (QED) is 0.123. The van der Waals surface area contributed by atoms with Crippen LogP contribution < -0.4 is 0 Å². The van der Waals surface area contributed by atoms with Gasteiger partial charge in [-0.1, -0.05) is 413 Å². The van der Waals surface area contributed by atoms with E-state index in [-0.39, 0.29) is 0 Å². The molecule has 0 radical (unpaired) electrons. The summed E-state index contributed by atoms with van der Waals surface area (Å²) in [6.45, 7) is 0. The Bertz CT molecular complexity index is 10600. The van der Waals surface area contributed by atoms with Gasteiger partial charge in [0.2, 0.25) is 0 Å². The molecule has 22 aromatic carbocycles. The van der Waals surface area contributed by atoms with E-state index in [9.17, 15) is 0 Å². The van der Waals surface area contributed by atoms with Gasteiger partial charge in [0.15, 0.2) is 5.82 Å². The summed E-state index contributed by atoms with van der Waals surface area (Å²) in [5.74, 6) is 0.706. The molecule has 0 amide bonds. The summed E-state index contributed by atoms with van der Waals surface area (Å²) >= 11 is 0. The molecule has 0 saturated heterocycles. The summed E-state index contributed by atoms with van der Waals surface area (Å²) in [6.07, 6.45) is 3.67. The molecule has 0 unspecified atom stereocenters. The average molecular weight is 1860 g/mol. The normalized spacial score (nSPS) is 11.7. The van der Waals surface area contributed by atoms with Crippen LogP contribution in [0.25, 0.3) is 296 Å². The summed E-state index contributed by atoms with van der Waals surface area (Å²) in [4.78, 5) is 45.9. The van der Waals surface area contributed by atoms with Crippen molar-refractivity contribution in [2.45, 2.75) is 0 Å². The lowest BCUT2D eigenvalue weighted by Crippen LogP contribution is -1.96. The van der Waals surface area contributed by atoms with Gasteiger partial charge in [0.1, 0.15) is 0 Å². The van der Waals surface area contributed by atoms with Crippen molar-refractivity contribution in [1.29, 1.82) is 0 Å². The van der Waals surface area contributed by atoms with Gasteiger partial charge < -0.3 is 0 Å². The predicted molar refractivity (Wildman–Crippen MR) is 611 cm³/mol. The average Bonchev–Trinajstić information content (AvgIpc) is 0.720. The largest absolute Gasteiger partial charge is 0.254 e. The molecule has 0 aliphatic carbocycles. The molecule has 0 aliphatic rings. The Morgan fingerprint density at radius 1 is 0.123 bits per heavy atom. The number of hydrogen-bond acceptors (Lipinski definition) is 9. The highest BCUT2D eigenvalue weighted by Gasteiger charge is 2.25. The smallest absolute Gasteiger partial charge is 0.160 e. The molecule has 8 heterocycles. The van der Waals surface area contributed by atoms with Gasteiger partial charge in [-0.15, -0.1) is 0 Å². The Morgan fingerprint density at radius 2 is 0.384 bits per heavy atom. The maximum absolute atomic E-state index is 5.41. The second kappa shape index (κ2) is 35.3. The van der Waals surface area contributed by atoms with Crippen molar-refractivity contribution in [3.05, 3.63) is 504 Å². The van der Waals surface area contributed by atoms with Crippen LogP contribution in [0.4, 0.5) is 0 Å². The van der Waals surface area contributed by atoms with Gasteiger partial charge in [-0.2, -0.15) is 0 Å². The Labute approximate surface area is 839 Å². The fourth-order valence-electron chi connectivity index (χ4n) is 22.4. The molecule has 9 heteroatoms. The van der Waals surface area contributed by atoms with Gasteiger partial charge >= 0.3 is 0 Å². The standard InChI is InChI=1S/C53H33N3.C45H27N3.C39H23N3/c1-2-15-34(16-3-1)35-17-14-22-40(33-35)53-55-48-30-11-9-28-46(48)51(56-53)38-20-12-18-36(31-38)37-19-13-21-39(32-37)52-50-44-26-7-5-24-42(44)41-23-4-6-25-43(41)49(50)45-27-8-10-29-47(45)54-52;1-3-14-36-34(12-1)35-13-2-4-15-37(35)42-41(36)38-16-5-6-17-40(38)48-43(42)33-10-7-9-32(27-33)28-18-20-29(21-19-28)39-25-24-31-23-22-30-11-8-26-46-44(30)45(31)47-39;1-3-14-30-28(12-1)29-13-2-4-15-31(29)36-35(30)32-16-5-6-17-34(32)42-37(36)27-10-7-9-26(23-27)33-21-20-25-19-18-24-11-8-22-40-38(24)39(25)41-33/h1-33H;1-27H;1-23H. The van der Waals surface area contributed by atoms with Gasteiger partial charge in [0, 0.05) is 127 Å². The lowest BCUT2D eigenvalue weighted by Gasteiger charge is -2.17. The first kappa shape index (κ1) is 84.5. The van der Waals surface area contributed by atoms with Crippen LogP contribution in [-0.2, 0) is 0 Å². The van der Waals surface area contributed by atoms with Crippen molar-refractivity contribution in [1.82, 2.24) is 44.9 Å². The van der Waals surface area contributed by atoms with Gasteiger partial charge in [-0.3, -0.25) is 9.97 Å². The van der Waals surface area contributed by atoms with E-state index in [1.807, 2.05) is 36.7 Å². The lowest BCUT2D eigenvalue weighted by atomic mass is 9.89.